The highest BCUT2D eigenvalue weighted by atomic mass is 16.1. The van der Waals surface area contributed by atoms with Gasteiger partial charge in [-0.15, -0.1) is 0 Å². The number of nitriles is 1. The van der Waals surface area contributed by atoms with Crippen LogP contribution in [0.3, 0.4) is 0 Å². The molecule has 1 amide bonds. The maximum Gasteiger partial charge on any atom is 0.254 e. The normalized spacial score (nSPS) is 17.7. The summed E-state index contributed by atoms with van der Waals surface area (Å²) in [5, 5.41) is 12.2. The van der Waals surface area contributed by atoms with Crippen molar-refractivity contribution in [3.63, 3.8) is 0 Å². The van der Waals surface area contributed by atoms with Crippen molar-refractivity contribution in [1.82, 2.24) is 5.32 Å². The molecule has 1 aromatic carbocycles. The first-order chi connectivity index (χ1) is 8.67. The first-order valence-electron chi connectivity index (χ1n) is 6.25. The van der Waals surface area contributed by atoms with Crippen LogP contribution in [0.25, 0.3) is 0 Å². The van der Waals surface area contributed by atoms with E-state index in [1.165, 1.54) is 0 Å². The molecular formula is C14H17N3O. The van der Waals surface area contributed by atoms with Crippen LogP contribution in [-0.4, -0.2) is 11.4 Å². The van der Waals surface area contributed by atoms with Crippen LogP contribution in [0.15, 0.2) is 24.3 Å². The molecule has 1 aromatic rings. The molecule has 0 aliphatic heterocycles. The molecule has 4 nitrogen and oxygen atoms in total. The number of rotatable bonds is 2. The number of carbonyl (C=O) groups excluding carboxylic acids is 1. The maximum atomic E-state index is 12.2. The lowest BCUT2D eigenvalue weighted by Gasteiger charge is -2.31. The van der Waals surface area contributed by atoms with Gasteiger partial charge in [0.15, 0.2) is 0 Å². The van der Waals surface area contributed by atoms with Gasteiger partial charge in [0.05, 0.1) is 11.6 Å². The third kappa shape index (κ3) is 2.45. The molecule has 18 heavy (non-hydrogen) atoms. The summed E-state index contributed by atoms with van der Waals surface area (Å²) < 4.78 is 0. The van der Waals surface area contributed by atoms with Crippen molar-refractivity contribution in [1.29, 1.82) is 5.26 Å². The number of nitrogens with zero attached hydrogens (tertiary/aromatic N) is 1. The Bertz CT molecular complexity index is 484. The molecule has 0 atom stereocenters. The smallest absolute Gasteiger partial charge is 0.254 e. The van der Waals surface area contributed by atoms with E-state index in [-0.39, 0.29) is 5.91 Å². The Labute approximate surface area is 107 Å². The number of benzene rings is 1. The maximum absolute atomic E-state index is 12.2. The monoisotopic (exact) mass is 243 g/mol. The Kier molecular flexibility index (Phi) is 3.52. The molecule has 0 unspecified atom stereocenters. The van der Waals surface area contributed by atoms with E-state index in [0.29, 0.717) is 11.3 Å². The van der Waals surface area contributed by atoms with E-state index in [9.17, 15) is 10.1 Å². The van der Waals surface area contributed by atoms with Gasteiger partial charge in [-0.3, -0.25) is 4.79 Å². The quantitative estimate of drug-likeness (QED) is 0.782. The highest BCUT2D eigenvalue weighted by Crippen LogP contribution is 2.28. The molecule has 1 fully saturated rings. The third-order valence-electron chi connectivity index (χ3n) is 3.48. The van der Waals surface area contributed by atoms with Gasteiger partial charge in [-0.1, -0.05) is 31.4 Å². The van der Waals surface area contributed by atoms with E-state index in [1.807, 2.05) is 0 Å². The molecule has 2 rings (SSSR count). The van der Waals surface area contributed by atoms with Gasteiger partial charge >= 0.3 is 0 Å². The number of nitrogens with one attached hydrogen (secondary N) is 1. The molecule has 0 aromatic heterocycles. The molecule has 1 saturated carbocycles. The van der Waals surface area contributed by atoms with E-state index < -0.39 is 5.54 Å². The van der Waals surface area contributed by atoms with Crippen molar-refractivity contribution in [2.75, 3.05) is 5.73 Å². The molecule has 1 aliphatic rings. The average molecular weight is 243 g/mol. The number of carbonyl (C=O) groups is 1. The Morgan fingerprint density at radius 2 is 1.94 bits per heavy atom. The van der Waals surface area contributed by atoms with Gasteiger partial charge in [0.25, 0.3) is 5.91 Å². The minimum Gasteiger partial charge on any atom is -0.398 e. The summed E-state index contributed by atoms with van der Waals surface area (Å²) in [6, 6.07) is 9.19. The fraction of sp³-hybridized carbons (Fsp3) is 0.429. The van der Waals surface area contributed by atoms with Crippen LogP contribution in [0.2, 0.25) is 0 Å². The zero-order valence-corrected chi connectivity index (χ0v) is 10.3. The summed E-state index contributed by atoms with van der Waals surface area (Å²) in [7, 11) is 0. The van der Waals surface area contributed by atoms with Crippen LogP contribution < -0.4 is 11.1 Å². The van der Waals surface area contributed by atoms with E-state index in [4.69, 9.17) is 5.73 Å². The van der Waals surface area contributed by atoms with Gasteiger partial charge in [-0.05, 0) is 25.0 Å². The Morgan fingerprint density at radius 3 is 2.56 bits per heavy atom. The number of hydrogen-bond donors (Lipinski definition) is 2. The highest BCUT2D eigenvalue weighted by molar-refractivity contribution is 5.99. The lowest BCUT2D eigenvalue weighted by Crippen LogP contribution is -2.48. The van der Waals surface area contributed by atoms with E-state index in [2.05, 4.69) is 11.4 Å². The molecule has 0 heterocycles. The number of hydrogen-bond acceptors (Lipinski definition) is 3. The van der Waals surface area contributed by atoms with Gasteiger partial charge in [0.1, 0.15) is 5.54 Å². The van der Waals surface area contributed by atoms with Crippen LogP contribution in [0.4, 0.5) is 5.69 Å². The van der Waals surface area contributed by atoms with Crippen LogP contribution in [0.1, 0.15) is 42.5 Å². The van der Waals surface area contributed by atoms with E-state index in [0.717, 1.165) is 32.1 Å². The Morgan fingerprint density at radius 1 is 1.28 bits per heavy atom. The summed E-state index contributed by atoms with van der Waals surface area (Å²) in [6.07, 6.45) is 4.55. The van der Waals surface area contributed by atoms with Crippen molar-refractivity contribution in [2.45, 2.75) is 37.6 Å². The fourth-order valence-corrected chi connectivity index (χ4v) is 2.41. The largest absolute Gasteiger partial charge is 0.398 e. The highest BCUT2D eigenvalue weighted by Gasteiger charge is 2.34. The molecule has 0 spiro atoms. The molecule has 94 valence electrons. The average Bonchev–Trinajstić information content (AvgIpc) is 2.40. The third-order valence-corrected chi connectivity index (χ3v) is 3.48. The summed E-state index contributed by atoms with van der Waals surface area (Å²) in [6.45, 7) is 0. The molecule has 4 heteroatoms. The van der Waals surface area contributed by atoms with Crippen LogP contribution in [0.5, 0.6) is 0 Å². The SMILES string of the molecule is N#CC1(NC(=O)c2ccccc2N)CCCCC1. The molecule has 0 radical (unpaired) electrons. The number of nitrogen functional groups attached to an aromatic ring is 1. The topological polar surface area (TPSA) is 78.9 Å². The van der Waals surface area contributed by atoms with Gasteiger partial charge in [0.2, 0.25) is 0 Å². The zero-order chi connectivity index (χ0) is 13.0. The van der Waals surface area contributed by atoms with Gasteiger partial charge in [-0.25, -0.2) is 0 Å². The van der Waals surface area contributed by atoms with Crippen molar-refractivity contribution in [2.24, 2.45) is 0 Å². The summed E-state index contributed by atoms with van der Waals surface area (Å²) in [4.78, 5) is 12.2. The minimum atomic E-state index is -0.711. The summed E-state index contributed by atoms with van der Waals surface area (Å²) in [5.74, 6) is -0.253. The Balaban J connectivity index is 2.16. The number of nitrogens with two attached hydrogens (primary N) is 1. The predicted molar refractivity (Wildman–Crippen MR) is 69.7 cm³/mol. The van der Waals surface area contributed by atoms with Crippen LogP contribution in [-0.2, 0) is 0 Å². The molecule has 0 bridgehead atoms. The lowest BCUT2D eigenvalue weighted by molar-refractivity contribution is 0.0903. The van der Waals surface area contributed by atoms with Crippen molar-refractivity contribution in [3.05, 3.63) is 29.8 Å². The first kappa shape index (κ1) is 12.4. The number of amides is 1. The van der Waals surface area contributed by atoms with Crippen molar-refractivity contribution in [3.8, 4) is 6.07 Å². The molecule has 0 saturated heterocycles. The molecule has 1 aliphatic carbocycles. The first-order valence-corrected chi connectivity index (χ1v) is 6.25. The van der Waals surface area contributed by atoms with E-state index >= 15 is 0 Å². The summed E-state index contributed by atoms with van der Waals surface area (Å²) in [5.41, 5.74) is 5.94. The molecular weight excluding hydrogens is 226 g/mol. The second kappa shape index (κ2) is 5.09. The van der Waals surface area contributed by atoms with Crippen LogP contribution >= 0.6 is 0 Å². The minimum absolute atomic E-state index is 0.253. The van der Waals surface area contributed by atoms with Crippen molar-refractivity contribution < 1.29 is 4.79 Å². The molecule has 3 N–H and O–H groups in total. The second-order valence-corrected chi connectivity index (χ2v) is 4.80. The van der Waals surface area contributed by atoms with Gasteiger partial charge < -0.3 is 11.1 Å². The lowest BCUT2D eigenvalue weighted by atomic mass is 9.82. The standard InChI is InChI=1S/C14H17N3O/c15-10-14(8-4-1-5-9-14)17-13(18)11-6-2-3-7-12(11)16/h2-3,6-7H,1,4-5,8-9,16H2,(H,17,18). The van der Waals surface area contributed by atoms with E-state index in [1.54, 1.807) is 24.3 Å². The predicted octanol–water partition coefficient (Wildman–Crippen LogP) is 2.23. The van der Waals surface area contributed by atoms with Crippen LogP contribution in [0, 0.1) is 11.3 Å². The zero-order valence-electron chi connectivity index (χ0n) is 10.3. The number of para-hydroxylation sites is 1. The second-order valence-electron chi connectivity index (χ2n) is 4.80. The Hall–Kier alpha value is -2.02. The number of anilines is 1. The van der Waals surface area contributed by atoms with Crippen molar-refractivity contribution >= 4 is 11.6 Å². The fourth-order valence-electron chi connectivity index (χ4n) is 2.41. The van der Waals surface area contributed by atoms with Gasteiger partial charge in [-0.2, -0.15) is 5.26 Å². The summed E-state index contributed by atoms with van der Waals surface area (Å²) >= 11 is 0. The van der Waals surface area contributed by atoms with Gasteiger partial charge in [0, 0.05) is 5.69 Å².